The summed E-state index contributed by atoms with van der Waals surface area (Å²) >= 11 is 0. The van der Waals surface area contributed by atoms with Crippen LogP contribution >= 0.6 is 0 Å². The third-order valence-electron chi connectivity index (χ3n) is 3.75. The molecule has 1 unspecified atom stereocenters. The van der Waals surface area contributed by atoms with Crippen molar-refractivity contribution in [2.24, 2.45) is 5.92 Å². The molecule has 1 aliphatic heterocycles. The van der Waals surface area contributed by atoms with Gasteiger partial charge in [-0.25, -0.2) is 4.79 Å². The van der Waals surface area contributed by atoms with Crippen LogP contribution < -0.4 is 4.90 Å². The molecule has 0 aliphatic carbocycles. The topological polar surface area (TPSA) is 60.8 Å². The van der Waals surface area contributed by atoms with Gasteiger partial charge in [-0.2, -0.15) is 0 Å². The van der Waals surface area contributed by atoms with Crippen molar-refractivity contribution < 1.29 is 15.0 Å². The van der Waals surface area contributed by atoms with Crippen molar-refractivity contribution in [1.82, 2.24) is 0 Å². The molecule has 4 nitrogen and oxygen atoms in total. The van der Waals surface area contributed by atoms with Gasteiger partial charge in [0, 0.05) is 18.8 Å². The largest absolute Gasteiger partial charge is 0.478 e. The summed E-state index contributed by atoms with van der Waals surface area (Å²) in [6.07, 6.45) is 1.34. The molecular formula is C15H21NO3. The molecule has 1 aromatic carbocycles. The maximum Gasteiger partial charge on any atom is 0.336 e. The van der Waals surface area contributed by atoms with Crippen LogP contribution in [0.25, 0.3) is 0 Å². The molecule has 0 amide bonds. The van der Waals surface area contributed by atoms with E-state index in [4.69, 9.17) is 0 Å². The Balaban J connectivity index is 2.29. The second kappa shape index (κ2) is 5.61. The number of hydrogen-bond donors (Lipinski definition) is 2. The summed E-state index contributed by atoms with van der Waals surface area (Å²) in [6, 6.07) is 5.39. The third kappa shape index (κ3) is 2.89. The fourth-order valence-electron chi connectivity index (χ4n) is 2.53. The predicted molar refractivity (Wildman–Crippen MR) is 74.8 cm³/mol. The minimum Gasteiger partial charge on any atom is -0.478 e. The van der Waals surface area contributed by atoms with E-state index < -0.39 is 5.97 Å². The van der Waals surface area contributed by atoms with E-state index in [1.807, 2.05) is 19.9 Å². The Morgan fingerprint density at radius 3 is 2.79 bits per heavy atom. The maximum atomic E-state index is 11.2. The van der Waals surface area contributed by atoms with Crippen molar-refractivity contribution in [2.45, 2.75) is 32.8 Å². The first-order valence-corrected chi connectivity index (χ1v) is 6.79. The molecule has 0 saturated heterocycles. The van der Waals surface area contributed by atoms with Crippen LogP contribution in [0.1, 0.15) is 36.2 Å². The number of aromatic carboxylic acids is 1. The number of β-amino-alcohol motifs (C(OH)–C–C–N with tert-alkyl or cyclic N) is 1. The van der Waals surface area contributed by atoms with Crippen LogP contribution in [0.15, 0.2) is 18.2 Å². The molecule has 1 heterocycles. The highest BCUT2D eigenvalue weighted by atomic mass is 16.4. The minimum absolute atomic E-state index is 0.202. The highest BCUT2D eigenvalue weighted by molar-refractivity contribution is 5.91. The summed E-state index contributed by atoms with van der Waals surface area (Å²) in [7, 11) is 0. The lowest BCUT2D eigenvalue weighted by molar-refractivity contribution is 0.0695. The molecule has 0 aromatic heterocycles. The van der Waals surface area contributed by atoms with E-state index in [-0.39, 0.29) is 12.0 Å². The molecule has 0 radical (unpaired) electrons. The lowest BCUT2D eigenvalue weighted by Gasteiger charge is -2.34. The van der Waals surface area contributed by atoms with Gasteiger partial charge in [0.25, 0.3) is 0 Å². The Labute approximate surface area is 113 Å². The molecular weight excluding hydrogens is 242 g/mol. The molecule has 2 rings (SSSR count). The van der Waals surface area contributed by atoms with Crippen molar-refractivity contribution in [1.29, 1.82) is 0 Å². The monoisotopic (exact) mass is 263 g/mol. The summed E-state index contributed by atoms with van der Waals surface area (Å²) in [5.74, 6) is -0.670. The fraction of sp³-hybridized carbons (Fsp3) is 0.533. The second-order valence-corrected chi connectivity index (χ2v) is 5.47. The van der Waals surface area contributed by atoms with Crippen molar-refractivity contribution in [2.75, 3.05) is 18.0 Å². The third-order valence-corrected chi connectivity index (χ3v) is 3.75. The summed E-state index contributed by atoms with van der Waals surface area (Å²) in [5.41, 5.74) is 2.25. The Hall–Kier alpha value is -1.55. The van der Waals surface area contributed by atoms with Gasteiger partial charge in [0.15, 0.2) is 0 Å². The lowest BCUT2D eigenvalue weighted by Crippen LogP contribution is -2.38. The van der Waals surface area contributed by atoms with Gasteiger partial charge in [-0.05, 0) is 36.5 Å². The summed E-state index contributed by atoms with van der Waals surface area (Å²) in [4.78, 5) is 13.3. The predicted octanol–water partition coefficient (Wildman–Crippen LogP) is 2.15. The molecule has 0 bridgehead atoms. The van der Waals surface area contributed by atoms with Crippen LogP contribution in [-0.4, -0.2) is 35.4 Å². The molecule has 1 aliphatic rings. The number of rotatable bonds is 4. The van der Waals surface area contributed by atoms with Gasteiger partial charge < -0.3 is 15.1 Å². The van der Waals surface area contributed by atoms with E-state index in [0.29, 0.717) is 12.1 Å². The molecule has 0 saturated carbocycles. The highest BCUT2D eigenvalue weighted by Gasteiger charge is 2.24. The fourth-order valence-corrected chi connectivity index (χ4v) is 2.53. The van der Waals surface area contributed by atoms with Crippen LogP contribution in [-0.2, 0) is 6.42 Å². The van der Waals surface area contributed by atoms with E-state index in [1.165, 1.54) is 0 Å². The average Bonchev–Trinajstić information content (AvgIpc) is 2.38. The highest BCUT2D eigenvalue weighted by Crippen LogP contribution is 2.30. The number of benzene rings is 1. The van der Waals surface area contributed by atoms with E-state index in [9.17, 15) is 15.0 Å². The van der Waals surface area contributed by atoms with Crippen LogP contribution in [0.2, 0.25) is 0 Å². The van der Waals surface area contributed by atoms with Crippen molar-refractivity contribution >= 4 is 11.7 Å². The Morgan fingerprint density at radius 1 is 1.42 bits per heavy atom. The molecule has 0 spiro atoms. The number of carbonyl (C=O) groups is 1. The van der Waals surface area contributed by atoms with Gasteiger partial charge in [0.05, 0.1) is 11.7 Å². The first-order chi connectivity index (χ1) is 9.00. The molecule has 0 fully saturated rings. The van der Waals surface area contributed by atoms with Gasteiger partial charge >= 0.3 is 5.97 Å². The number of nitrogens with zero attached hydrogens (tertiary/aromatic N) is 1. The smallest absolute Gasteiger partial charge is 0.336 e. The van der Waals surface area contributed by atoms with E-state index in [2.05, 4.69) is 4.90 Å². The molecule has 104 valence electrons. The molecule has 1 aromatic rings. The standard InChI is InChI=1S/C15H21NO3/c1-10(2)14(17)9-16-8-4-6-11-12(15(18)19)5-3-7-13(11)16/h3,5,7,10,14,17H,4,6,8-9H2,1-2H3,(H,18,19). The number of fused-ring (bicyclic) bond motifs is 1. The van der Waals surface area contributed by atoms with Crippen molar-refractivity contribution in [3.05, 3.63) is 29.3 Å². The number of hydrogen-bond acceptors (Lipinski definition) is 3. The summed E-state index contributed by atoms with van der Waals surface area (Å²) in [6.45, 7) is 5.42. The summed E-state index contributed by atoms with van der Waals surface area (Å²) in [5, 5.41) is 19.3. The lowest BCUT2D eigenvalue weighted by atomic mass is 9.95. The Bertz CT molecular complexity index is 470. The zero-order valence-corrected chi connectivity index (χ0v) is 11.5. The van der Waals surface area contributed by atoms with E-state index >= 15 is 0 Å². The second-order valence-electron chi connectivity index (χ2n) is 5.47. The number of carboxylic acid groups (broad SMARTS) is 1. The minimum atomic E-state index is -0.872. The van der Waals surface area contributed by atoms with Crippen LogP contribution in [0, 0.1) is 5.92 Å². The van der Waals surface area contributed by atoms with Crippen LogP contribution in [0.3, 0.4) is 0 Å². The average molecular weight is 263 g/mol. The number of anilines is 1. The van der Waals surface area contributed by atoms with Crippen molar-refractivity contribution in [3.63, 3.8) is 0 Å². The zero-order valence-electron chi connectivity index (χ0n) is 11.5. The van der Waals surface area contributed by atoms with Crippen LogP contribution in [0.4, 0.5) is 5.69 Å². The number of carboxylic acids is 1. The van der Waals surface area contributed by atoms with Gasteiger partial charge in [0.2, 0.25) is 0 Å². The first kappa shape index (κ1) is 13.9. The Kier molecular flexibility index (Phi) is 4.10. The SMILES string of the molecule is CC(C)C(O)CN1CCCc2c(C(=O)O)cccc21. The van der Waals surface area contributed by atoms with Gasteiger partial charge in [-0.1, -0.05) is 19.9 Å². The van der Waals surface area contributed by atoms with Gasteiger partial charge in [0.1, 0.15) is 0 Å². The van der Waals surface area contributed by atoms with Gasteiger partial charge in [-0.15, -0.1) is 0 Å². The Morgan fingerprint density at radius 2 is 2.16 bits per heavy atom. The summed E-state index contributed by atoms with van der Waals surface area (Å²) < 4.78 is 0. The normalized spacial score (nSPS) is 16.3. The molecule has 1 atom stereocenters. The zero-order chi connectivity index (χ0) is 14.0. The molecule has 4 heteroatoms. The van der Waals surface area contributed by atoms with E-state index in [0.717, 1.165) is 30.6 Å². The molecule has 2 N–H and O–H groups in total. The van der Waals surface area contributed by atoms with Gasteiger partial charge in [-0.3, -0.25) is 0 Å². The number of aliphatic hydroxyl groups excluding tert-OH is 1. The van der Waals surface area contributed by atoms with E-state index in [1.54, 1.807) is 12.1 Å². The number of aliphatic hydroxyl groups is 1. The van der Waals surface area contributed by atoms with Crippen molar-refractivity contribution in [3.8, 4) is 0 Å². The molecule has 19 heavy (non-hydrogen) atoms. The quantitative estimate of drug-likeness (QED) is 0.874. The first-order valence-electron chi connectivity index (χ1n) is 6.79. The van der Waals surface area contributed by atoms with Crippen LogP contribution in [0.5, 0.6) is 0 Å². The maximum absolute atomic E-state index is 11.2.